The van der Waals surface area contributed by atoms with Gasteiger partial charge in [0, 0.05) is 17.0 Å². The first kappa shape index (κ1) is 14.2. The highest BCUT2D eigenvalue weighted by molar-refractivity contribution is 6.34. The molecule has 1 rings (SSSR count). The molecule has 0 aromatic carbocycles. The molecule has 0 amide bonds. The number of piperidine rings is 1. The molecule has 98 valence electrons. The molecule has 1 aliphatic rings. The lowest BCUT2D eigenvalue weighted by Gasteiger charge is -2.45. The Labute approximate surface area is 103 Å². The first-order valence-corrected chi connectivity index (χ1v) is 6.17. The zero-order valence-electron chi connectivity index (χ0n) is 11.4. The van der Waals surface area contributed by atoms with Gasteiger partial charge in [-0.1, -0.05) is 0 Å². The van der Waals surface area contributed by atoms with Gasteiger partial charge in [0.05, 0.1) is 6.61 Å². The highest BCUT2D eigenvalue weighted by Gasteiger charge is 2.42. The van der Waals surface area contributed by atoms with E-state index in [2.05, 4.69) is 33.0 Å². The van der Waals surface area contributed by atoms with Crippen molar-refractivity contribution in [1.29, 1.82) is 0 Å². The van der Waals surface area contributed by atoms with Gasteiger partial charge in [0.1, 0.15) is 0 Å². The molecule has 0 spiro atoms. The Bertz CT molecular complexity index is 305. The van der Waals surface area contributed by atoms with E-state index in [1.807, 2.05) is 0 Å². The monoisotopic (exact) mass is 241 g/mol. The molecule has 0 aromatic heterocycles. The SMILES string of the molecule is CCOC(=O)C(=O)C1CC(C)(C)NC(C)(C)C1. The molecule has 0 bridgehead atoms. The van der Waals surface area contributed by atoms with Crippen LogP contribution in [0.3, 0.4) is 0 Å². The smallest absolute Gasteiger partial charge is 0.374 e. The quantitative estimate of drug-likeness (QED) is 0.603. The fourth-order valence-corrected chi connectivity index (χ4v) is 2.88. The van der Waals surface area contributed by atoms with E-state index in [0.717, 1.165) is 0 Å². The predicted octanol–water partition coefficient (Wildman–Crippen LogP) is 1.68. The maximum Gasteiger partial charge on any atom is 0.374 e. The Balaban J connectivity index is 2.77. The van der Waals surface area contributed by atoms with Crippen molar-refractivity contribution < 1.29 is 14.3 Å². The van der Waals surface area contributed by atoms with Gasteiger partial charge in [0.25, 0.3) is 0 Å². The molecule has 1 fully saturated rings. The molecule has 0 unspecified atom stereocenters. The maximum atomic E-state index is 12.0. The molecule has 0 saturated carbocycles. The number of ketones is 1. The van der Waals surface area contributed by atoms with Crippen LogP contribution in [-0.4, -0.2) is 29.4 Å². The van der Waals surface area contributed by atoms with Crippen LogP contribution < -0.4 is 5.32 Å². The molecular formula is C13H23NO3. The average molecular weight is 241 g/mol. The van der Waals surface area contributed by atoms with Crippen molar-refractivity contribution >= 4 is 11.8 Å². The summed E-state index contributed by atoms with van der Waals surface area (Å²) in [5, 5.41) is 3.48. The van der Waals surface area contributed by atoms with Gasteiger partial charge in [-0.05, 0) is 47.5 Å². The van der Waals surface area contributed by atoms with Crippen molar-refractivity contribution in [1.82, 2.24) is 5.32 Å². The van der Waals surface area contributed by atoms with Crippen molar-refractivity contribution in [2.24, 2.45) is 5.92 Å². The number of carbonyl (C=O) groups excluding carboxylic acids is 2. The van der Waals surface area contributed by atoms with Gasteiger partial charge >= 0.3 is 5.97 Å². The van der Waals surface area contributed by atoms with Crippen LogP contribution in [-0.2, 0) is 14.3 Å². The lowest BCUT2D eigenvalue weighted by Crippen LogP contribution is -2.59. The number of esters is 1. The second-order valence-electron chi connectivity index (χ2n) is 6.08. The van der Waals surface area contributed by atoms with E-state index in [0.29, 0.717) is 12.8 Å². The number of hydrogen-bond donors (Lipinski definition) is 1. The minimum absolute atomic E-state index is 0.130. The van der Waals surface area contributed by atoms with Gasteiger partial charge < -0.3 is 10.1 Å². The fourth-order valence-electron chi connectivity index (χ4n) is 2.88. The number of nitrogens with one attached hydrogen (secondary N) is 1. The Morgan fingerprint density at radius 2 is 1.65 bits per heavy atom. The maximum absolute atomic E-state index is 12.0. The van der Waals surface area contributed by atoms with E-state index in [-0.39, 0.29) is 29.4 Å². The van der Waals surface area contributed by atoms with Gasteiger partial charge in [-0.15, -0.1) is 0 Å². The number of rotatable bonds is 3. The summed E-state index contributed by atoms with van der Waals surface area (Å²) in [6.07, 6.45) is 1.35. The summed E-state index contributed by atoms with van der Waals surface area (Å²) in [5.74, 6) is -1.30. The minimum atomic E-state index is -0.689. The van der Waals surface area contributed by atoms with E-state index in [9.17, 15) is 9.59 Å². The molecule has 4 nitrogen and oxygen atoms in total. The first-order chi connectivity index (χ1) is 7.67. The molecule has 1 N–H and O–H groups in total. The topological polar surface area (TPSA) is 55.4 Å². The van der Waals surface area contributed by atoms with Crippen LogP contribution in [0.15, 0.2) is 0 Å². The number of Topliss-reactive ketones (excluding diaryl/α,β-unsaturated/α-hetero) is 1. The molecule has 0 radical (unpaired) electrons. The van der Waals surface area contributed by atoms with Crippen LogP contribution in [0.5, 0.6) is 0 Å². The summed E-state index contributed by atoms with van der Waals surface area (Å²) >= 11 is 0. The van der Waals surface area contributed by atoms with Gasteiger partial charge in [0.2, 0.25) is 5.78 Å². The van der Waals surface area contributed by atoms with E-state index in [4.69, 9.17) is 4.74 Å². The summed E-state index contributed by atoms with van der Waals surface area (Å²) in [5.41, 5.74) is -0.261. The fraction of sp³-hybridized carbons (Fsp3) is 0.846. The summed E-state index contributed by atoms with van der Waals surface area (Å²) in [6.45, 7) is 10.2. The molecule has 0 aliphatic carbocycles. The lowest BCUT2D eigenvalue weighted by molar-refractivity contribution is -0.156. The molecule has 4 heteroatoms. The second-order valence-corrected chi connectivity index (χ2v) is 6.08. The van der Waals surface area contributed by atoms with Gasteiger partial charge in [-0.3, -0.25) is 4.79 Å². The van der Waals surface area contributed by atoms with Crippen LogP contribution in [0, 0.1) is 5.92 Å². The van der Waals surface area contributed by atoms with Crippen LogP contribution in [0.2, 0.25) is 0 Å². The summed E-state index contributed by atoms with van der Waals surface area (Å²) in [6, 6.07) is 0. The van der Waals surface area contributed by atoms with E-state index < -0.39 is 5.97 Å². The third kappa shape index (κ3) is 3.80. The lowest BCUT2D eigenvalue weighted by atomic mass is 9.74. The molecule has 1 aliphatic heterocycles. The Morgan fingerprint density at radius 1 is 1.18 bits per heavy atom. The van der Waals surface area contributed by atoms with Crippen molar-refractivity contribution in [3.8, 4) is 0 Å². The van der Waals surface area contributed by atoms with Crippen LogP contribution in [0.25, 0.3) is 0 Å². The highest BCUT2D eigenvalue weighted by atomic mass is 16.5. The van der Waals surface area contributed by atoms with Gasteiger partial charge in [-0.2, -0.15) is 0 Å². The third-order valence-corrected chi connectivity index (χ3v) is 3.04. The number of carbonyl (C=O) groups is 2. The molecule has 17 heavy (non-hydrogen) atoms. The number of ether oxygens (including phenoxy) is 1. The molecule has 0 aromatic rings. The molecular weight excluding hydrogens is 218 g/mol. The highest BCUT2D eigenvalue weighted by Crippen LogP contribution is 2.33. The third-order valence-electron chi connectivity index (χ3n) is 3.04. The Kier molecular flexibility index (Phi) is 3.97. The van der Waals surface area contributed by atoms with Gasteiger partial charge in [0.15, 0.2) is 0 Å². The zero-order valence-corrected chi connectivity index (χ0v) is 11.4. The largest absolute Gasteiger partial charge is 0.460 e. The second kappa shape index (κ2) is 4.77. The normalized spacial score (nSPS) is 23.1. The van der Waals surface area contributed by atoms with Crippen LogP contribution in [0.4, 0.5) is 0 Å². The summed E-state index contributed by atoms with van der Waals surface area (Å²) in [4.78, 5) is 23.4. The Hall–Kier alpha value is -0.900. The van der Waals surface area contributed by atoms with E-state index in [1.54, 1.807) is 6.92 Å². The van der Waals surface area contributed by atoms with Gasteiger partial charge in [-0.25, -0.2) is 4.79 Å². The number of hydrogen-bond acceptors (Lipinski definition) is 4. The minimum Gasteiger partial charge on any atom is -0.460 e. The van der Waals surface area contributed by atoms with Crippen molar-refractivity contribution in [2.75, 3.05) is 6.61 Å². The van der Waals surface area contributed by atoms with E-state index in [1.165, 1.54) is 0 Å². The zero-order chi connectivity index (χ0) is 13.3. The first-order valence-electron chi connectivity index (χ1n) is 6.17. The molecule has 1 saturated heterocycles. The van der Waals surface area contributed by atoms with E-state index >= 15 is 0 Å². The van der Waals surface area contributed by atoms with Crippen molar-refractivity contribution in [2.45, 2.75) is 58.5 Å². The van der Waals surface area contributed by atoms with Crippen molar-refractivity contribution in [3.63, 3.8) is 0 Å². The van der Waals surface area contributed by atoms with Crippen molar-refractivity contribution in [3.05, 3.63) is 0 Å². The summed E-state index contributed by atoms with van der Waals surface area (Å²) < 4.78 is 4.78. The molecule has 1 heterocycles. The molecule has 0 atom stereocenters. The standard InChI is InChI=1S/C13H23NO3/c1-6-17-11(16)10(15)9-7-12(2,3)14-13(4,5)8-9/h9,14H,6-8H2,1-5H3. The van der Waals surface area contributed by atoms with Crippen LogP contribution in [0.1, 0.15) is 47.5 Å². The Morgan fingerprint density at radius 3 is 2.06 bits per heavy atom. The predicted molar refractivity (Wildman–Crippen MR) is 65.7 cm³/mol. The average Bonchev–Trinajstić information content (AvgIpc) is 2.12. The van der Waals surface area contributed by atoms with Crippen LogP contribution >= 0.6 is 0 Å². The summed E-state index contributed by atoms with van der Waals surface area (Å²) in [7, 11) is 0.